The molecule has 0 heterocycles. The third-order valence-corrected chi connectivity index (χ3v) is 9.74. The minimum absolute atomic E-state index is 0.0458. The van der Waals surface area contributed by atoms with Crippen LogP contribution in [-0.4, -0.2) is 50.9 Å². The van der Waals surface area contributed by atoms with E-state index in [1.165, 1.54) is 48.4 Å². The van der Waals surface area contributed by atoms with Gasteiger partial charge in [-0.2, -0.15) is 0 Å². The summed E-state index contributed by atoms with van der Waals surface area (Å²) in [7, 11) is -2.80. The van der Waals surface area contributed by atoms with Gasteiger partial charge in [-0.05, 0) is 86.0 Å². The molecular weight excluding hydrogens is 625 g/mol. The lowest BCUT2D eigenvalue weighted by Gasteiger charge is -2.33. The molecule has 42 heavy (non-hydrogen) atoms. The number of carbonyl (C=O) groups excluding carboxylic acids is 2. The topological polar surface area (TPSA) is 96.0 Å². The molecule has 0 aromatic heterocycles. The van der Waals surface area contributed by atoms with Gasteiger partial charge in [0, 0.05) is 17.1 Å². The maximum Gasteiger partial charge on any atom is 0.264 e. The van der Waals surface area contributed by atoms with Crippen molar-refractivity contribution in [3.05, 3.63) is 88.6 Å². The van der Waals surface area contributed by atoms with Crippen molar-refractivity contribution >= 4 is 43.5 Å². The Kier molecular flexibility index (Phi) is 10.6. The van der Waals surface area contributed by atoms with E-state index in [2.05, 4.69) is 21.2 Å². The van der Waals surface area contributed by atoms with Crippen LogP contribution in [0.2, 0.25) is 0 Å². The molecule has 11 heteroatoms. The van der Waals surface area contributed by atoms with E-state index in [0.717, 1.165) is 58.6 Å². The van der Waals surface area contributed by atoms with Crippen LogP contribution in [0.5, 0.6) is 5.75 Å². The van der Waals surface area contributed by atoms with E-state index < -0.39 is 34.3 Å². The average Bonchev–Trinajstić information content (AvgIpc) is 3.00. The Bertz CT molecular complexity index is 1460. The van der Waals surface area contributed by atoms with E-state index in [9.17, 15) is 22.4 Å². The Balaban J connectivity index is 1.66. The van der Waals surface area contributed by atoms with Crippen LogP contribution in [0.4, 0.5) is 10.1 Å². The fraction of sp³-hybridized carbons (Fsp3) is 0.355. The van der Waals surface area contributed by atoms with E-state index in [1.54, 1.807) is 6.92 Å². The lowest BCUT2D eigenvalue weighted by molar-refractivity contribution is -0.139. The molecule has 3 aromatic carbocycles. The predicted molar refractivity (Wildman–Crippen MR) is 163 cm³/mol. The molecule has 1 aliphatic rings. The van der Waals surface area contributed by atoms with Crippen molar-refractivity contribution in [2.24, 2.45) is 0 Å². The van der Waals surface area contributed by atoms with Gasteiger partial charge in [-0.25, -0.2) is 12.8 Å². The van der Waals surface area contributed by atoms with Crippen molar-refractivity contribution in [1.29, 1.82) is 0 Å². The quantitative estimate of drug-likeness (QED) is 0.287. The minimum Gasteiger partial charge on any atom is -0.497 e. The summed E-state index contributed by atoms with van der Waals surface area (Å²) in [6.45, 7) is 1.14. The summed E-state index contributed by atoms with van der Waals surface area (Å²) in [5, 5.41) is 3.08. The van der Waals surface area contributed by atoms with E-state index in [1.807, 2.05) is 24.3 Å². The van der Waals surface area contributed by atoms with Crippen molar-refractivity contribution in [3.63, 3.8) is 0 Å². The van der Waals surface area contributed by atoms with Gasteiger partial charge in [0.25, 0.3) is 10.0 Å². The number of hydrogen-bond acceptors (Lipinski definition) is 5. The molecule has 8 nitrogen and oxygen atoms in total. The smallest absolute Gasteiger partial charge is 0.264 e. The fourth-order valence-electron chi connectivity index (χ4n) is 4.95. The Hall–Kier alpha value is -3.44. The Morgan fingerprint density at radius 1 is 0.976 bits per heavy atom. The molecule has 4 rings (SSSR count). The van der Waals surface area contributed by atoms with Gasteiger partial charge in [0.15, 0.2) is 0 Å². The van der Waals surface area contributed by atoms with Crippen LogP contribution >= 0.6 is 15.9 Å². The normalized spacial score (nSPS) is 14.6. The van der Waals surface area contributed by atoms with Gasteiger partial charge in [0.1, 0.15) is 24.2 Å². The molecule has 1 fully saturated rings. The van der Waals surface area contributed by atoms with E-state index in [0.29, 0.717) is 5.75 Å². The molecule has 224 valence electrons. The first-order chi connectivity index (χ1) is 20.1. The molecule has 0 saturated heterocycles. The van der Waals surface area contributed by atoms with Gasteiger partial charge in [0.2, 0.25) is 11.8 Å². The second-order valence-electron chi connectivity index (χ2n) is 10.3. The SMILES string of the molecule is COc1ccc(S(=O)(=O)N(CC(=O)N(Cc2ccc(Br)cc2)[C@@H](C)C(=O)NC2CCCCC2)c2ccc(F)cc2)cc1. The summed E-state index contributed by atoms with van der Waals surface area (Å²) in [6.07, 6.45) is 4.99. The molecule has 0 unspecified atom stereocenters. The summed E-state index contributed by atoms with van der Waals surface area (Å²) in [4.78, 5) is 28.7. The number of halogens is 2. The monoisotopic (exact) mass is 659 g/mol. The standard InChI is InChI=1S/C31H35BrFN3O5S/c1-22(31(38)34-26-6-4-3-5-7-26)35(20-23-8-10-24(32)11-9-23)30(37)21-36(27-14-12-25(33)13-15-27)42(39,40)29-18-16-28(41-2)17-19-29/h8-19,22,26H,3-7,20-21H2,1-2H3,(H,34,38)/t22-/m0/s1. The number of rotatable bonds is 11. The van der Waals surface area contributed by atoms with E-state index in [4.69, 9.17) is 4.74 Å². The summed E-state index contributed by atoms with van der Waals surface area (Å²) >= 11 is 3.41. The highest BCUT2D eigenvalue weighted by atomic mass is 79.9. The highest BCUT2D eigenvalue weighted by Gasteiger charge is 2.33. The zero-order chi connectivity index (χ0) is 30.3. The Morgan fingerprint density at radius 2 is 1.60 bits per heavy atom. The third-order valence-electron chi connectivity index (χ3n) is 7.43. The maximum absolute atomic E-state index is 14.0. The fourth-order valence-corrected chi connectivity index (χ4v) is 6.63. The molecule has 1 N–H and O–H groups in total. The number of nitrogens with one attached hydrogen (secondary N) is 1. The van der Waals surface area contributed by atoms with Crippen LogP contribution < -0.4 is 14.4 Å². The average molecular weight is 661 g/mol. The van der Waals surface area contributed by atoms with Crippen molar-refractivity contribution in [3.8, 4) is 5.75 Å². The van der Waals surface area contributed by atoms with Crippen LogP contribution in [0, 0.1) is 5.82 Å². The Labute approximate surface area is 255 Å². The van der Waals surface area contributed by atoms with Gasteiger partial charge < -0.3 is 15.0 Å². The molecule has 2 amide bonds. The van der Waals surface area contributed by atoms with Gasteiger partial charge >= 0.3 is 0 Å². The summed E-state index contributed by atoms with van der Waals surface area (Å²) in [6, 6.07) is 17.2. The molecule has 0 bridgehead atoms. The van der Waals surface area contributed by atoms with Gasteiger partial charge in [-0.15, -0.1) is 0 Å². The number of sulfonamides is 1. The number of ether oxygens (including phenoxy) is 1. The highest BCUT2D eigenvalue weighted by Crippen LogP contribution is 2.26. The highest BCUT2D eigenvalue weighted by molar-refractivity contribution is 9.10. The van der Waals surface area contributed by atoms with Crippen molar-refractivity contribution in [2.75, 3.05) is 18.0 Å². The molecule has 3 aromatic rings. The molecule has 1 aliphatic carbocycles. The minimum atomic E-state index is -4.27. The van der Waals surface area contributed by atoms with E-state index in [-0.39, 0.29) is 29.1 Å². The first kappa shape index (κ1) is 31.5. The van der Waals surface area contributed by atoms with Crippen LogP contribution in [0.15, 0.2) is 82.2 Å². The number of hydrogen-bond donors (Lipinski definition) is 1. The van der Waals surface area contributed by atoms with Crippen LogP contribution in [0.25, 0.3) is 0 Å². The molecule has 0 aliphatic heterocycles. The van der Waals surface area contributed by atoms with E-state index >= 15 is 0 Å². The summed E-state index contributed by atoms with van der Waals surface area (Å²) in [5.41, 5.74) is 0.888. The summed E-state index contributed by atoms with van der Waals surface area (Å²) in [5.74, 6) is -0.946. The number of amides is 2. The molecular formula is C31H35BrFN3O5S. The first-order valence-electron chi connectivity index (χ1n) is 13.8. The predicted octanol–water partition coefficient (Wildman–Crippen LogP) is 5.66. The van der Waals surface area contributed by atoms with Crippen molar-refractivity contribution < 1.29 is 27.1 Å². The van der Waals surface area contributed by atoms with Crippen molar-refractivity contribution in [1.82, 2.24) is 10.2 Å². The number of methoxy groups -OCH3 is 1. The first-order valence-corrected chi connectivity index (χ1v) is 16.1. The second kappa shape index (κ2) is 14.2. The lowest BCUT2D eigenvalue weighted by Crippen LogP contribution is -2.53. The number of carbonyl (C=O) groups is 2. The Morgan fingerprint density at radius 3 is 2.19 bits per heavy atom. The lowest BCUT2D eigenvalue weighted by atomic mass is 9.95. The third kappa shape index (κ3) is 7.89. The number of nitrogens with zero attached hydrogens (tertiary/aromatic N) is 2. The van der Waals surface area contributed by atoms with Gasteiger partial charge in [-0.3, -0.25) is 13.9 Å². The molecule has 1 saturated carbocycles. The molecule has 1 atom stereocenters. The maximum atomic E-state index is 14.0. The number of benzene rings is 3. The zero-order valence-electron chi connectivity index (χ0n) is 23.6. The largest absolute Gasteiger partial charge is 0.497 e. The van der Waals surface area contributed by atoms with Gasteiger partial charge in [0.05, 0.1) is 17.7 Å². The van der Waals surface area contributed by atoms with Crippen LogP contribution in [0.1, 0.15) is 44.6 Å². The van der Waals surface area contributed by atoms with Crippen LogP contribution in [-0.2, 0) is 26.2 Å². The summed E-state index contributed by atoms with van der Waals surface area (Å²) < 4.78 is 48.5. The number of anilines is 1. The molecule has 0 spiro atoms. The second-order valence-corrected chi connectivity index (χ2v) is 13.1. The molecule has 0 radical (unpaired) electrons. The van der Waals surface area contributed by atoms with Gasteiger partial charge in [-0.1, -0.05) is 47.3 Å². The van der Waals surface area contributed by atoms with Crippen LogP contribution in [0.3, 0.4) is 0 Å². The van der Waals surface area contributed by atoms with Crippen molar-refractivity contribution in [2.45, 2.75) is 62.6 Å². The zero-order valence-corrected chi connectivity index (χ0v) is 26.0.